The van der Waals surface area contributed by atoms with Crippen LogP contribution in [-0.2, 0) is 4.79 Å². The molecule has 0 bridgehead atoms. The standard InChI is InChI=1S/C13H10ClN3O4/c14-11-6-5-10(15-16-11)13(21)17(7-12(19)20)8-1-3-9(18)4-2-8/h1-6,18H,7H2,(H,19,20). The molecular weight excluding hydrogens is 298 g/mol. The van der Waals surface area contributed by atoms with E-state index in [2.05, 4.69) is 10.2 Å². The summed E-state index contributed by atoms with van der Waals surface area (Å²) in [4.78, 5) is 24.3. The van der Waals surface area contributed by atoms with Crippen molar-refractivity contribution in [2.45, 2.75) is 0 Å². The highest BCUT2D eigenvalue weighted by Gasteiger charge is 2.22. The first-order valence-electron chi connectivity index (χ1n) is 5.79. The molecule has 0 aliphatic carbocycles. The number of hydrogen-bond acceptors (Lipinski definition) is 5. The summed E-state index contributed by atoms with van der Waals surface area (Å²) in [6.07, 6.45) is 0. The number of hydrogen-bond donors (Lipinski definition) is 2. The third kappa shape index (κ3) is 3.67. The lowest BCUT2D eigenvalue weighted by atomic mass is 10.2. The van der Waals surface area contributed by atoms with Crippen LogP contribution in [0, 0.1) is 0 Å². The number of aromatic hydroxyl groups is 1. The Kier molecular flexibility index (Phi) is 4.34. The maximum atomic E-state index is 12.3. The van der Waals surface area contributed by atoms with Crippen LogP contribution in [0.1, 0.15) is 10.5 Å². The van der Waals surface area contributed by atoms with E-state index in [1.807, 2.05) is 0 Å². The van der Waals surface area contributed by atoms with E-state index in [-0.39, 0.29) is 16.6 Å². The number of aromatic nitrogens is 2. The number of nitrogens with zero attached hydrogens (tertiary/aromatic N) is 3. The van der Waals surface area contributed by atoms with Crippen molar-refractivity contribution in [3.63, 3.8) is 0 Å². The Morgan fingerprint density at radius 2 is 1.76 bits per heavy atom. The van der Waals surface area contributed by atoms with Crippen molar-refractivity contribution in [2.75, 3.05) is 11.4 Å². The van der Waals surface area contributed by atoms with Gasteiger partial charge in [-0.25, -0.2) is 0 Å². The number of anilines is 1. The molecule has 2 N–H and O–H groups in total. The van der Waals surface area contributed by atoms with Crippen LogP contribution in [0.25, 0.3) is 0 Å². The smallest absolute Gasteiger partial charge is 0.323 e. The van der Waals surface area contributed by atoms with Crippen molar-refractivity contribution >= 4 is 29.2 Å². The minimum atomic E-state index is -1.18. The molecule has 0 unspecified atom stereocenters. The average Bonchev–Trinajstić information content (AvgIpc) is 2.46. The van der Waals surface area contributed by atoms with E-state index in [4.69, 9.17) is 16.7 Å². The van der Waals surface area contributed by atoms with Crippen molar-refractivity contribution in [3.05, 3.63) is 47.2 Å². The van der Waals surface area contributed by atoms with Crippen LogP contribution in [0.5, 0.6) is 5.75 Å². The van der Waals surface area contributed by atoms with Gasteiger partial charge in [0.2, 0.25) is 0 Å². The van der Waals surface area contributed by atoms with Gasteiger partial charge in [-0.2, -0.15) is 0 Å². The van der Waals surface area contributed by atoms with Crippen molar-refractivity contribution < 1.29 is 19.8 Å². The molecule has 0 atom stereocenters. The van der Waals surface area contributed by atoms with E-state index < -0.39 is 18.4 Å². The Morgan fingerprint density at radius 1 is 1.10 bits per heavy atom. The second-order valence-electron chi connectivity index (χ2n) is 4.04. The first-order valence-corrected chi connectivity index (χ1v) is 6.17. The van der Waals surface area contributed by atoms with E-state index >= 15 is 0 Å². The lowest BCUT2D eigenvalue weighted by molar-refractivity contribution is -0.135. The number of aliphatic carboxylic acids is 1. The summed E-state index contributed by atoms with van der Waals surface area (Å²) < 4.78 is 0. The molecule has 2 rings (SSSR count). The predicted molar refractivity (Wildman–Crippen MR) is 74.5 cm³/mol. The lowest BCUT2D eigenvalue weighted by Gasteiger charge is -2.20. The second-order valence-corrected chi connectivity index (χ2v) is 4.43. The molecule has 1 heterocycles. The zero-order valence-electron chi connectivity index (χ0n) is 10.6. The first kappa shape index (κ1) is 14.7. The number of carbonyl (C=O) groups excluding carboxylic acids is 1. The molecule has 0 saturated heterocycles. The van der Waals surface area contributed by atoms with Gasteiger partial charge < -0.3 is 10.2 Å². The Balaban J connectivity index is 2.35. The van der Waals surface area contributed by atoms with Gasteiger partial charge in [-0.1, -0.05) is 11.6 Å². The molecule has 108 valence electrons. The molecule has 1 aromatic heterocycles. The topological polar surface area (TPSA) is 104 Å². The number of amides is 1. The molecule has 0 saturated carbocycles. The SMILES string of the molecule is O=C(O)CN(C(=O)c1ccc(Cl)nn1)c1ccc(O)cc1. The summed E-state index contributed by atoms with van der Waals surface area (Å²) in [5, 5.41) is 25.5. The van der Waals surface area contributed by atoms with E-state index in [1.165, 1.54) is 36.4 Å². The monoisotopic (exact) mass is 307 g/mol. The number of carboxylic acids is 1. The lowest BCUT2D eigenvalue weighted by Crippen LogP contribution is -2.36. The van der Waals surface area contributed by atoms with Gasteiger partial charge >= 0.3 is 5.97 Å². The van der Waals surface area contributed by atoms with Gasteiger partial charge in [0.25, 0.3) is 5.91 Å². The van der Waals surface area contributed by atoms with Crippen LogP contribution in [0.15, 0.2) is 36.4 Å². The molecule has 0 radical (unpaired) electrons. The van der Waals surface area contributed by atoms with E-state index in [0.29, 0.717) is 5.69 Å². The minimum absolute atomic E-state index is 0.00718. The van der Waals surface area contributed by atoms with Gasteiger partial charge in [0.15, 0.2) is 10.8 Å². The predicted octanol–water partition coefficient (Wildman–Crippen LogP) is 1.57. The Labute approximate surface area is 124 Å². The number of benzene rings is 1. The summed E-state index contributed by atoms with van der Waals surface area (Å²) >= 11 is 5.59. The van der Waals surface area contributed by atoms with Crippen LogP contribution >= 0.6 is 11.6 Å². The highest BCUT2D eigenvalue weighted by molar-refractivity contribution is 6.29. The van der Waals surface area contributed by atoms with Crippen molar-refractivity contribution in [3.8, 4) is 5.75 Å². The normalized spacial score (nSPS) is 10.1. The number of phenols is 1. The van der Waals surface area contributed by atoms with Gasteiger partial charge in [-0.15, -0.1) is 10.2 Å². The van der Waals surface area contributed by atoms with Gasteiger partial charge in [-0.3, -0.25) is 14.5 Å². The third-order valence-corrected chi connectivity index (χ3v) is 2.75. The van der Waals surface area contributed by atoms with Crippen LogP contribution < -0.4 is 4.90 Å². The largest absolute Gasteiger partial charge is 0.508 e. The fraction of sp³-hybridized carbons (Fsp3) is 0.0769. The fourth-order valence-electron chi connectivity index (χ4n) is 1.62. The van der Waals surface area contributed by atoms with Crippen molar-refractivity contribution in [2.24, 2.45) is 0 Å². The zero-order chi connectivity index (χ0) is 15.4. The van der Waals surface area contributed by atoms with Gasteiger partial charge in [-0.05, 0) is 36.4 Å². The molecule has 1 amide bonds. The third-order valence-electron chi connectivity index (χ3n) is 2.55. The summed E-state index contributed by atoms with van der Waals surface area (Å²) in [5.41, 5.74) is 0.283. The molecule has 0 aliphatic rings. The van der Waals surface area contributed by atoms with Crippen LogP contribution in [-0.4, -0.2) is 38.8 Å². The number of carboxylic acid groups (broad SMARTS) is 1. The number of rotatable bonds is 4. The maximum absolute atomic E-state index is 12.3. The molecule has 8 heteroatoms. The van der Waals surface area contributed by atoms with Gasteiger partial charge in [0.1, 0.15) is 12.3 Å². The van der Waals surface area contributed by atoms with Crippen LogP contribution in [0.3, 0.4) is 0 Å². The average molecular weight is 308 g/mol. The summed E-state index contributed by atoms with van der Waals surface area (Å²) in [5.74, 6) is -1.81. The van der Waals surface area contributed by atoms with Gasteiger partial charge in [0.05, 0.1) is 0 Å². The Bertz CT molecular complexity index is 658. The van der Waals surface area contributed by atoms with E-state index in [9.17, 15) is 14.7 Å². The van der Waals surface area contributed by atoms with E-state index in [1.54, 1.807) is 0 Å². The molecular formula is C13H10ClN3O4. The molecule has 1 aromatic carbocycles. The summed E-state index contributed by atoms with van der Waals surface area (Å²) in [6, 6.07) is 8.31. The van der Waals surface area contributed by atoms with Crippen molar-refractivity contribution in [1.82, 2.24) is 10.2 Å². The summed E-state index contributed by atoms with van der Waals surface area (Å²) in [6.45, 7) is -0.548. The molecule has 0 fully saturated rings. The van der Waals surface area contributed by atoms with Gasteiger partial charge in [0, 0.05) is 5.69 Å². The molecule has 0 spiro atoms. The molecule has 21 heavy (non-hydrogen) atoms. The van der Waals surface area contributed by atoms with Crippen LogP contribution in [0.4, 0.5) is 5.69 Å². The fourth-order valence-corrected chi connectivity index (χ4v) is 1.72. The first-order chi connectivity index (χ1) is 9.97. The Hall–Kier alpha value is -2.67. The highest BCUT2D eigenvalue weighted by Crippen LogP contribution is 2.20. The van der Waals surface area contributed by atoms with E-state index in [0.717, 1.165) is 4.90 Å². The second kappa shape index (κ2) is 6.19. The quantitative estimate of drug-likeness (QED) is 0.888. The molecule has 2 aromatic rings. The number of phenolic OH excluding ortho intramolecular Hbond substituents is 1. The van der Waals surface area contributed by atoms with Crippen molar-refractivity contribution in [1.29, 1.82) is 0 Å². The maximum Gasteiger partial charge on any atom is 0.323 e. The minimum Gasteiger partial charge on any atom is -0.508 e. The highest BCUT2D eigenvalue weighted by atomic mass is 35.5. The molecule has 7 nitrogen and oxygen atoms in total. The molecule has 0 aliphatic heterocycles. The Morgan fingerprint density at radius 3 is 2.29 bits per heavy atom. The number of carbonyl (C=O) groups is 2. The number of halogens is 1. The van der Waals surface area contributed by atoms with Crippen LogP contribution in [0.2, 0.25) is 5.15 Å². The summed E-state index contributed by atoms with van der Waals surface area (Å²) in [7, 11) is 0. The zero-order valence-corrected chi connectivity index (χ0v) is 11.4.